The standard InChI is InChI=1S/C14H21N3O3S/c1-11-9-12(15)5-6-13(11)21(19,20)16-10-14(18)17-7-3-2-4-8-17/h5-6,9,16H,2-4,7-8,10,15H2,1H3. The summed E-state index contributed by atoms with van der Waals surface area (Å²) in [5.41, 5.74) is 6.69. The number of nitrogens with one attached hydrogen (secondary N) is 1. The number of nitrogens with zero attached hydrogens (tertiary/aromatic N) is 1. The zero-order chi connectivity index (χ0) is 15.5. The second-order valence-corrected chi connectivity index (χ2v) is 7.03. The van der Waals surface area contributed by atoms with Crippen molar-refractivity contribution in [3.05, 3.63) is 23.8 Å². The van der Waals surface area contributed by atoms with Crippen LogP contribution in [0.3, 0.4) is 0 Å². The molecule has 7 heteroatoms. The number of hydrogen-bond donors (Lipinski definition) is 2. The molecule has 0 spiro atoms. The van der Waals surface area contributed by atoms with Crippen LogP contribution in [0.25, 0.3) is 0 Å². The lowest BCUT2D eigenvalue weighted by atomic mass is 10.1. The average Bonchev–Trinajstić information content (AvgIpc) is 2.45. The molecule has 21 heavy (non-hydrogen) atoms. The molecule has 1 aromatic carbocycles. The Bertz CT molecular complexity index is 622. The molecular weight excluding hydrogens is 290 g/mol. The Labute approximate surface area is 125 Å². The number of carbonyl (C=O) groups is 1. The van der Waals surface area contributed by atoms with Crippen molar-refractivity contribution in [1.82, 2.24) is 9.62 Å². The third kappa shape index (κ3) is 3.95. The second kappa shape index (κ2) is 6.44. The lowest BCUT2D eigenvalue weighted by molar-refractivity contribution is -0.130. The fraction of sp³-hybridized carbons (Fsp3) is 0.500. The zero-order valence-electron chi connectivity index (χ0n) is 12.1. The maximum Gasteiger partial charge on any atom is 0.241 e. The maximum atomic E-state index is 12.2. The minimum atomic E-state index is -3.69. The van der Waals surface area contributed by atoms with Crippen molar-refractivity contribution in [3.63, 3.8) is 0 Å². The number of nitrogens with two attached hydrogens (primary N) is 1. The number of anilines is 1. The molecule has 0 unspecified atom stereocenters. The zero-order valence-corrected chi connectivity index (χ0v) is 12.9. The molecule has 0 saturated carbocycles. The van der Waals surface area contributed by atoms with Crippen molar-refractivity contribution >= 4 is 21.6 Å². The summed E-state index contributed by atoms with van der Waals surface area (Å²) < 4.78 is 26.8. The quantitative estimate of drug-likeness (QED) is 0.807. The number of hydrogen-bond acceptors (Lipinski definition) is 4. The van der Waals surface area contributed by atoms with Crippen LogP contribution in [0.2, 0.25) is 0 Å². The Balaban J connectivity index is 2.02. The normalized spacial score (nSPS) is 16.0. The van der Waals surface area contributed by atoms with Crippen LogP contribution in [-0.4, -0.2) is 38.9 Å². The van der Waals surface area contributed by atoms with Gasteiger partial charge in [-0.1, -0.05) is 0 Å². The molecule has 6 nitrogen and oxygen atoms in total. The largest absolute Gasteiger partial charge is 0.399 e. The number of carbonyl (C=O) groups excluding carboxylic acids is 1. The summed E-state index contributed by atoms with van der Waals surface area (Å²) in [6, 6.07) is 4.59. The van der Waals surface area contributed by atoms with Crippen molar-refractivity contribution < 1.29 is 13.2 Å². The molecule has 1 aromatic rings. The Morgan fingerprint density at radius 3 is 2.57 bits per heavy atom. The second-order valence-electron chi connectivity index (χ2n) is 5.29. The molecule has 0 aliphatic carbocycles. The summed E-state index contributed by atoms with van der Waals surface area (Å²) in [5, 5.41) is 0. The molecule has 0 radical (unpaired) electrons. The number of piperidine rings is 1. The summed E-state index contributed by atoms with van der Waals surface area (Å²) in [7, 11) is -3.69. The van der Waals surface area contributed by atoms with Gasteiger partial charge in [0, 0.05) is 18.8 Å². The van der Waals surface area contributed by atoms with E-state index in [1.165, 1.54) is 12.1 Å². The van der Waals surface area contributed by atoms with Gasteiger partial charge in [0.05, 0.1) is 11.4 Å². The molecule has 0 atom stereocenters. The van der Waals surface area contributed by atoms with E-state index < -0.39 is 10.0 Å². The fourth-order valence-corrected chi connectivity index (χ4v) is 3.66. The summed E-state index contributed by atoms with van der Waals surface area (Å²) in [6.07, 6.45) is 3.09. The van der Waals surface area contributed by atoms with E-state index in [1.807, 2.05) is 0 Å². The van der Waals surface area contributed by atoms with Gasteiger partial charge in [0.1, 0.15) is 0 Å². The third-order valence-corrected chi connectivity index (χ3v) is 5.17. The number of likely N-dealkylation sites (tertiary alicyclic amines) is 1. The lowest BCUT2D eigenvalue weighted by Crippen LogP contribution is -2.42. The molecule has 1 amide bonds. The predicted octanol–water partition coefficient (Wildman–Crippen LogP) is 0.868. The predicted molar refractivity (Wildman–Crippen MR) is 81.2 cm³/mol. The van der Waals surface area contributed by atoms with Gasteiger partial charge in [0.2, 0.25) is 15.9 Å². The van der Waals surface area contributed by atoms with E-state index >= 15 is 0 Å². The van der Waals surface area contributed by atoms with Gasteiger partial charge in [-0.05, 0) is 49.9 Å². The van der Waals surface area contributed by atoms with E-state index in [2.05, 4.69) is 4.72 Å². The van der Waals surface area contributed by atoms with Crippen molar-refractivity contribution in [3.8, 4) is 0 Å². The van der Waals surface area contributed by atoms with E-state index in [4.69, 9.17) is 5.73 Å². The Kier molecular flexibility index (Phi) is 4.84. The summed E-state index contributed by atoms with van der Waals surface area (Å²) in [5.74, 6) is -0.175. The number of amides is 1. The summed E-state index contributed by atoms with van der Waals surface area (Å²) in [4.78, 5) is 13.9. The van der Waals surface area contributed by atoms with Crippen LogP contribution in [0.1, 0.15) is 24.8 Å². The van der Waals surface area contributed by atoms with Crippen LogP contribution in [0.15, 0.2) is 23.1 Å². The fourth-order valence-electron chi connectivity index (χ4n) is 2.46. The van der Waals surface area contributed by atoms with E-state index in [9.17, 15) is 13.2 Å². The first-order chi connectivity index (χ1) is 9.90. The molecule has 3 N–H and O–H groups in total. The average molecular weight is 311 g/mol. The number of benzene rings is 1. The molecule has 116 valence electrons. The molecule has 1 fully saturated rings. The van der Waals surface area contributed by atoms with Crippen LogP contribution in [-0.2, 0) is 14.8 Å². The highest BCUT2D eigenvalue weighted by molar-refractivity contribution is 7.89. The van der Waals surface area contributed by atoms with E-state index in [0.29, 0.717) is 24.3 Å². The number of rotatable bonds is 4. The number of nitrogen functional groups attached to an aromatic ring is 1. The van der Waals surface area contributed by atoms with Gasteiger partial charge in [-0.3, -0.25) is 4.79 Å². The topological polar surface area (TPSA) is 92.5 Å². The van der Waals surface area contributed by atoms with Gasteiger partial charge in [0.15, 0.2) is 0 Å². The van der Waals surface area contributed by atoms with Crippen LogP contribution >= 0.6 is 0 Å². The van der Waals surface area contributed by atoms with Gasteiger partial charge < -0.3 is 10.6 Å². The van der Waals surface area contributed by atoms with Crippen LogP contribution < -0.4 is 10.5 Å². The smallest absolute Gasteiger partial charge is 0.241 e. The first kappa shape index (κ1) is 15.8. The number of aryl methyl sites for hydroxylation is 1. The van der Waals surface area contributed by atoms with Gasteiger partial charge in [-0.2, -0.15) is 0 Å². The Morgan fingerprint density at radius 2 is 1.95 bits per heavy atom. The van der Waals surface area contributed by atoms with E-state index in [-0.39, 0.29) is 17.3 Å². The van der Waals surface area contributed by atoms with Gasteiger partial charge in [-0.25, -0.2) is 13.1 Å². The number of sulfonamides is 1. The third-order valence-electron chi connectivity index (χ3n) is 3.61. The Hall–Kier alpha value is -1.60. The molecule has 1 heterocycles. The first-order valence-corrected chi connectivity index (χ1v) is 8.52. The van der Waals surface area contributed by atoms with Crippen molar-refractivity contribution in [2.75, 3.05) is 25.4 Å². The van der Waals surface area contributed by atoms with Crippen molar-refractivity contribution in [2.24, 2.45) is 0 Å². The van der Waals surface area contributed by atoms with Crippen LogP contribution in [0, 0.1) is 6.92 Å². The molecule has 1 aliphatic heterocycles. The minimum absolute atomic E-state index is 0.156. The monoisotopic (exact) mass is 311 g/mol. The first-order valence-electron chi connectivity index (χ1n) is 7.04. The van der Waals surface area contributed by atoms with Crippen molar-refractivity contribution in [2.45, 2.75) is 31.1 Å². The van der Waals surface area contributed by atoms with Crippen LogP contribution in [0.5, 0.6) is 0 Å². The highest BCUT2D eigenvalue weighted by Gasteiger charge is 2.21. The van der Waals surface area contributed by atoms with Crippen molar-refractivity contribution in [1.29, 1.82) is 0 Å². The summed E-state index contributed by atoms with van der Waals surface area (Å²) >= 11 is 0. The van der Waals surface area contributed by atoms with Gasteiger partial charge >= 0.3 is 0 Å². The molecule has 0 aromatic heterocycles. The highest BCUT2D eigenvalue weighted by Crippen LogP contribution is 2.17. The van der Waals surface area contributed by atoms with Gasteiger partial charge in [-0.15, -0.1) is 0 Å². The van der Waals surface area contributed by atoms with E-state index in [0.717, 1.165) is 19.3 Å². The highest BCUT2D eigenvalue weighted by atomic mass is 32.2. The van der Waals surface area contributed by atoms with E-state index in [1.54, 1.807) is 17.9 Å². The summed E-state index contributed by atoms with van der Waals surface area (Å²) in [6.45, 7) is 2.90. The molecule has 0 bridgehead atoms. The molecule has 1 saturated heterocycles. The molecular formula is C14H21N3O3S. The SMILES string of the molecule is Cc1cc(N)ccc1S(=O)(=O)NCC(=O)N1CCCCC1. The lowest BCUT2D eigenvalue weighted by Gasteiger charge is -2.26. The van der Waals surface area contributed by atoms with Crippen LogP contribution in [0.4, 0.5) is 5.69 Å². The van der Waals surface area contributed by atoms with Gasteiger partial charge in [0.25, 0.3) is 0 Å². The molecule has 2 rings (SSSR count). The minimum Gasteiger partial charge on any atom is -0.399 e. The maximum absolute atomic E-state index is 12.2. The Morgan fingerprint density at radius 1 is 1.29 bits per heavy atom. The molecule has 1 aliphatic rings.